The van der Waals surface area contributed by atoms with Crippen molar-refractivity contribution < 1.29 is 4.74 Å². The van der Waals surface area contributed by atoms with Crippen LogP contribution in [0, 0.1) is 5.92 Å². The fourth-order valence-corrected chi connectivity index (χ4v) is 3.68. The molecule has 8 nitrogen and oxygen atoms in total. The van der Waals surface area contributed by atoms with E-state index in [0.29, 0.717) is 12.4 Å². The molecule has 2 aromatic rings. The minimum atomic E-state index is 0. The van der Waals surface area contributed by atoms with Gasteiger partial charge in [0.25, 0.3) is 0 Å². The standard InChI is InChI=1S/C22H35N7O.HI/c1-4-20-28-27-16-29(20)13-12-25-22(23-5-2)26-15-18-10-11-24-21(14-18)30-19-8-6-17(3)7-9-19;/h10-11,14,16-17,19H,4-9,12-13,15H2,1-3H3,(H2,23,25,26);1H. The summed E-state index contributed by atoms with van der Waals surface area (Å²) in [6.45, 7) is 9.40. The molecule has 172 valence electrons. The SMILES string of the molecule is CCNC(=NCc1ccnc(OC2CCC(C)CC2)c1)NCCn1cnnc1CC.I. The largest absolute Gasteiger partial charge is 0.474 e. The van der Waals surface area contributed by atoms with Gasteiger partial charge in [0.2, 0.25) is 5.88 Å². The maximum atomic E-state index is 6.12. The number of hydrogen-bond donors (Lipinski definition) is 2. The highest BCUT2D eigenvalue weighted by atomic mass is 127. The molecule has 2 heterocycles. The zero-order valence-corrected chi connectivity index (χ0v) is 21.2. The predicted octanol–water partition coefficient (Wildman–Crippen LogP) is 3.57. The third-order valence-electron chi connectivity index (χ3n) is 5.47. The van der Waals surface area contributed by atoms with Gasteiger partial charge < -0.3 is 19.9 Å². The molecular formula is C22H36IN7O. The Balaban J connectivity index is 0.00000341. The number of nitrogens with zero attached hydrogens (tertiary/aromatic N) is 5. The average molecular weight is 541 g/mol. The van der Waals surface area contributed by atoms with E-state index in [9.17, 15) is 0 Å². The summed E-state index contributed by atoms with van der Waals surface area (Å²) in [4.78, 5) is 9.11. The van der Waals surface area contributed by atoms with Crippen molar-refractivity contribution in [2.45, 2.75) is 72.1 Å². The summed E-state index contributed by atoms with van der Waals surface area (Å²) in [6.07, 6.45) is 9.46. The van der Waals surface area contributed by atoms with Crippen LogP contribution in [0.3, 0.4) is 0 Å². The van der Waals surface area contributed by atoms with Crippen molar-refractivity contribution >= 4 is 29.9 Å². The second kappa shape index (κ2) is 13.5. The van der Waals surface area contributed by atoms with Crippen LogP contribution in [0.15, 0.2) is 29.6 Å². The number of rotatable bonds is 9. The molecule has 0 spiro atoms. The van der Waals surface area contributed by atoms with Crippen LogP contribution in [0.2, 0.25) is 0 Å². The van der Waals surface area contributed by atoms with Gasteiger partial charge in [-0.15, -0.1) is 34.2 Å². The number of aliphatic imine (C=N–C) groups is 1. The molecule has 31 heavy (non-hydrogen) atoms. The fourth-order valence-electron chi connectivity index (χ4n) is 3.68. The highest BCUT2D eigenvalue weighted by Gasteiger charge is 2.19. The maximum absolute atomic E-state index is 6.12. The number of nitrogens with one attached hydrogen (secondary N) is 2. The molecule has 9 heteroatoms. The van der Waals surface area contributed by atoms with Gasteiger partial charge >= 0.3 is 0 Å². The molecule has 2 aromatic heterocycles. The Morgan fingerprint density at radius 1 is 1.23 bits per heavy atom. The lowest BCUT2D eigenvalue weighted by Crippen LogP contribution is -2.38. The van der Waals surface area contributed by atoms with Crippen LogP contribution in [0.25, 0.3) is 0 Å². The Bertz CT molecular complexity index is 803. The summed E-state index contributed by atoms with van der Waals surface area (Å²) in [6, 6.07) is 4.00. The lowest BCUT2D eigenvalue weighted by molar-refractivity contribution is 0.130. The minimum absolute atomic E-state index is 0. The lowest BCUT2D eigenvalue weighted by atomic mass is 9.89. The summed E-state index contributed by atoms with van der Waals surface area (Å²) in [5, 5.41) is 14.8. The second-order valence-corrected chi connectivity index (χ2v) is 7.92. The third-order valence-corrected chi connectivity index (χ3v) is 5.47. The molecule has 2 N–H and O–H groups in total. The molecular weight excluding hydrogens is 505 g/mol. The van der Waals surface area contributed by atoms with Gasteiger partial charge in [-0.25, -0.2) is 9.98 Å². The molecule has 0 radical (unpaired) electrons. The minimum Gasteiger partial charge on any atom is -0.474 e. The van der Waals surface area contributed by atoms with E-state index in [-0.39, 0.29) is 30.1 Å². The predicted molar refractivity (Wildman–Crippen MR) is 134 cm³/mol. The van der Waals surface area contributed by atoms with Gasteiger partial charge in [-0.05, 0) is 50.2 Å². The van der Waals surface area contributed by atoms with E-state index in [0.717, 1.165) is 62.2 Å². The topological polar surface area (TPSA) is 89.3 Å². The van der Waals surface area contributed by atoms with Crippen molar-refractivity contribution in [2.24, 2.45) is 10.9 Å². The number of guanidine groups is 1. The molecule has 0 aliphatic heterocycles. The molecule has 0 unspecified atom stereocenters. The lowest BCUT2D eigenvalue weighted by Gasteiger charge is -2.26. The smallest absolute Gasteiger partial charge is 0.213 e. The normalized spacial score (nSPS) is 18.9. The summed E-state index contributed by atoms with van der Waals surface area (Å²) < 4.78 is 8.19. The molecule has 0 amide bonds. The Morgan fingerprint density at radius 2 is 2.03 bits per heavy atom. The number of halogens is 1. The Hall–Kier alpha value is -1.91. The quantitative estimate of drug-likeness (QED) is 0.287. The van der Waals surface area contributed by atoms with Gasteiger partial charge in [0, 0.05) is 38.3 Å². The van der Waals surface area contributed by atoms with E-state index in [4.69, 9.17) is 9.73 Å². The van der Waals surface area contributed by atoms with Crippen LogP contribution in [0.1, 0.15) is 57.8 Å². The third kappa shape index (κ3) is 8.27. The Kier molecular flexibility index (Phi) is 11.0. The van der Waals surface area contributed by atoms with Gasteiger partial charge in [-0.2, -0.15) is 0 Å². The highest BCUT2D eigenvalue weighted by molar-refractivity contribution is 14.0. The highest BCUT2D eigenvalue weighted by Crippen LogP contribution is 2.26. The van der Waals surface area contributed by atoms with E-state index in [1.807, 2.05) is 18.3 Å². The number of pyridine rings is 1. The van der Waals surface area contributed by atoms with Gasteiger partial charge in [0.15, 0.2) is 5.96 Å². The van der Waals surface area contributed by atoms with E-state index >= 15 is 0 Å². The average Bonchev–Trinajstić information content (AvgIpc) is 3.21. The number of aromatic nitrogens is 4. The molecule has 1 aliphatic carbocycles. The van der Waals surface area contributed by atoms with Gasteiger partial charge in [0.05, 0.1) is 6.54 Å². The summed E-state index contributed by atoms with van der Waals surface area (Å²) >= 11 is 0. The zero-order chi connectivity index (χ0) is 21.2. The van der Waals surface area contributed by atoms with Crippen molar-refractivity contribution in [3.8, 4) is 5.88 Å². The maximum Gasteiger partial charge on any atom is 0.213 e. The van der Waals surface area contributed by atoms with Crippen molar-refractivity contribution in [2.75, 3.05) is 13.1 Å². The summed E-state index contributed by atoms with van der Waals surface area (Å²) in [5.41, 5.74) is 1.09. The zero-order valence-electron chi connectivity index (χ0n) is 18.9. The molecule has 0 saturated heterocycles. The molecule has 1 aliphatic rings. The van der Waals surface area contributed by atoms with Crippen molar-refractivity contribution in [1.29, 1.82) is 0 Å². The first-order valence-electron chi connectivity index (χ1n) is 11.2. The monoisotopic (exact) mass is 541 g/mol. The van der Waals surface area contributed by atoms with Gasteiger partial charge in [-0.1, -0.05) is 13.8 Å². The van der Waals surface area contributed by atoms with E-state index in [1.165, 1.54) is 12.8 Å². The van der Waals surface area contributed by atoms with Crippen LogP contribution in [0.5, 0.6) is 5.88 Å². The molecule has 1 saturated carbocycles. The molecule has 1 fully saturated rings. The van der Waals surface area contributed by atoms with E-state index in [2.05, 4.69) is 51.2 Å². The van der Waals surface area contributed by atoms with Gasteiger partial charge in [0.1, 0.15) is 18.3 Å². The molecule has 0 aromatic carbocycles. The van der Waals surface area contributed by atoms with Crippen LogP contribution in [0.4, 0.5) is 0 Å². The van der Waals surface area contributed by atoms with E-state index < -0.39 is 0 Å². The molecule has 0 atom stereocenters. The molecule has 3 rings (SSSR count). The Labute approximate surface area is 202 Å². The van der Waals surface area contributed by atoms with Gasteiger partial charge in [-0.3, -0.25) is 0 Å². The van der Waals surface area contributed by atoms with E-state index in [1.54, 1.807) is 6.33 Å². The van der Waals surface area contributed by atoms with Crippen LogP contribution < -0.4 is 15.4 Å². The molecule has 0 bridgehead atoms. The van der Waals surface area contributed by atoms with Crippen LogP contribution in [-0.2, 0) is 19.5 Å². The summed E-state index contributed by atoms with van der Waals surface area (Å²) in [7, 11) is 0. The summed E-state index contributed by atoms with van der Waals surface area (Å²) in [5.74, 6) is 3.31. The van der Waals surface area contributed by atoms with Crippen molar-refractivity contribution in [1.82, 2.24) is 30.4 Å². The Morgan fingerprint density at radius 3 is 2.77 bits per heavy atom. The first-order valence-corrected chi connectivity index (χ1v) is 11.2. The second-order valence-electron chi connectivity index (χ2n) is 7.92. The fraction of sp³-hybridized carbons (Fsp3) is 0.636. The van der Waals surface area contributed by atoms with Crippen LogP contribution >= 0.6 is 24.0 Å². The van der Waals surface area contributed by atoms with Crippen molar-refractivity contribution in [3.05, 3.63) is 36.0 Å². The number of ether oxygens (including phenoxy) is 1. The first-order chi connectivity index (χ1) is 14.7. The van der Waals surface area contributed by atoms with Crippen LogP contribution in [-0.4, -0.2) is 44.9 Å². The first kappa shape index (κ1) is 25.4. The number of hydrogen-bond acceptors (Lipinski definition) is 5. The van der Waals surface area contributed by atoms with Crippen molar-refractivity contribution in [3.63, 3.8) is 0 Å². The number of aryl methyl sites for hydroxylation is 1.